The first kappa shape index (κ1) is 19.1. The molecule has 1 amide bonds. The van der Waals surface area contributed by atoms with Crippen molar-refractivity contribution in [3.05, 3.63) is 53.6 Å². The minimum Gasteiger partial charge on any atom is -0.497 e. The molecule has 1 heterocycles. The first-order valence-corrected chi connectivity index (χ1v) is 9.50. The molecule has 1 aromatic heterocycles. The molecule has 1 atom stereocenters. The number of hydrogen-bond donors (Lipinski definition) is 1. The van der Waals surface area contributed by atoms with Crippen molar-refractivity contribution in [2.24, 2.45) is 0 Å². The number of methoxy groups -OCH3 is 1. The Hall–Kier alpha value is -2.64. The van der Waals surface area contributed by atoms with E-state index in [1.54, 1.807) is 31.4 Å². The molecule has 2 aromatic carbocycles. The van der Waals surface area contributed by atoms with Crippen molar-refractivity contribution in [2.75, 3.05) is 12.4 Å². The van der Waals surface area contributed by atoms with Crippen molar-refractivity contribution in [1.82, 2.24) is 10.2 Å². The molecule has 0 bridgehead atoms. The number of halogens is 1. The topological polar surface area (TPSA) is 73.3 Å². The Morgan fingerprint density at radius 1 is 1.19 bits per heavy atom. The fraction of sp³-hybridized carbons (Fsp3) is 0.211. The lowest BCUT2D eigenvalue weighted by molar-refractivity contribution is -0.122. The van der Waals surface area contributed by atoms with E-state index in [0.717, 1.165) is 11.3 Å². The third kappa shape index (κ3) is 4.75. The lowest BCUT2D eigenvalue weighted by atomic mass is 10.2. The maximum absolute atomic E-state index is 12.5. The Labute approximate surface area is 166 Å². The number of nitrogens with one attached hydrogen (secondary N) is 1. The molecule has 0 unspecified atom stereocenters. The van der Waals surface area contributed by atoms with Crippen LogP contribution in [0.1, 0.15) is 13.3 Å². The van der Waals surface area contributed by atoms with Crippen LogP contribution in [0.4, 0.5) is 5.13 Å². The number of rotatable bonds is 7. The van der Waals surface area contributed by atoms with E-state index in [2.05, 4.69) is 15.5 Å². The number of para-hydroxylation sites is 1. The number of nitrogens with zero attached hydrogens (tertiary/aromatic N) is 2. The maximum atomic E-state index is 12.5. The highest BCUT2D eigenvalue weighted by molar-refractivity contribution is 7.18. The Bertz CT molecular complexity index is 915. The summed E-state index contributed by atoms with van der Waals surface area (Å²) >= 11 is 7.39. The van der Waals surface area contributed by atoms with Gasteiger partial charge in [-0.25, -0.2) is 0 Å². The van der Waals surface area contributed by atoms with Gasteiger partial charge < -0.3 is 9.47 Å². The van der Waals surface area contributed by atoms with Crippen LogP contribution in [-0.2, 0) is 4.79 Å². The minimum absolute atomic E-state index is 0.296. The van der Waals surface area contributed by atoms with Gasteiger partial charge >= 0.3 is 0 Å². The van der Waals surface area contributed by atoms with Gasteiger partial charge in [0.15, 0.2) is 6.10 Å². The van der Waals surface area contributed by atoms with Crippen LogP contribution in [0.25, 0.3) is 10.6 Å². The lowest BCUT2D eigenvalue weighted by Crippen LogP contribution is -2.32. The van der Waals surface area contributed by atoms with E-state index >= 15 is 0 Å². The Kier molecular flexibility index (Phi) is 6.26. The summed E-state index contributed by atoms with van der Waals surface area (Å²) < 4.78 is 10.9. The first-order valence-electron chi connectivity index (χ1n) is 8.30. The van der Waals surface area contributed by atoms with E-state index in [1.807, 2.05) is 31.2 Å². The first-order chi connectivity index (χ1) is 13.1. The monoisotopic (exact) mass is 403 g/mol. The summed E-state index contributed by atoms with van der Waals surface area (Å²) in [6.45, 7) is 1.87. The highest BCUT2D eigenvalue weighted by atomic mass is 35.5. The normalized spacial score (nSPS) is 11.7. The van der Waals surface area contributed by atoms with Gasteiger partial charge in [0.05, 0.1) is 12.1 Å². The molecule has 0 fully saturated rings. The average molecular weight is 404 g/mol. The standard InChI is InChI=1S/C19H18ClN3O3S/c1-3-15(26-16-7-5-4-6-14(16)20)17(24)21-19-23-22-18(27-19)12-8-10-13(25-2)11-9-12/h4-11,15H,3H2,1-2H3,(H,21,23,24)/t15-/m1/s1. The third-order valence-electron chi connectivity index (χ3n) is 3.76. The zero-order chi connectivity index (χ0) is 19.2. The zero-order valence-electron chi connectivity index (χ0n) is 14.8. The number of anilines is 1. The van der Waals surface area contributed by atoms with Gasteiger partial charge in [-0.05, 0) is 42.8 Å². The molecule has 140 valence electrons. The number of amides is 1. The predicted molar refractivity (Wildman–Crippen MR) is 107 cm³/mol. The molecule has 0 aliphatic rings. The molecule has 3 aromatic rings. The van der Waals surface area contributed by atoms with E-state index in [-0.39, 0.29) is 5.91 Å². The lowest BCUT2D eigenvalue weighted by Gasteiger charge is -2.17. The smallest absolute Gasteiger partial charge is 0.267 e. The fourth-order valence-electron chi connectivity index (χ4n) is 2.33. The molecule has 1 N–H and O–H groups in total. The molecule has 6 nitrogen and oxygen atoms in total. The van der Waals surface area contributed by atoms with Gasteiger partial charge in [0.2, 0.25) is 5.13 Å². The number of carbonyl (C=O) groups excluding carboxylic acids is 1. The van der Waals surface area contributed by atoms with Crippen molar-refractivity contribution in [2.45, 2.75) is 19.4 Å². The van der Waals surface area contributed by atoms with Gasteiger partial charge in [-0.2, -0.15) is 0 Å². The third-order valence-corrected chi connectivity index (χ3v) is 4.96. The average Bonchev–Trinajstić information content (AvgIpc) is 3.15. The van der Waals surface area contributed by atoms with Gasteiger partial charge in [0.1, 0.15) is 16.5 Å². The van der Waals surface area contributed by atoms with E-state index in [4.69, 9.17) is 21.1 Å². The van der Waals surface area contributed by atoms with Crippen molar-refractivity contribution in [1.29, 1.82) is 0 Å². The second-order valence-corrected chi connectivity index (χ2v) is 6.96. The Morgan fingerprint density at radius 3 is 2.59 bits per heavy atom. The van der Waals surface area contributed by atoms with Crippen molar-refractivity contribution < 1.29 is 14.3 Å². The van der Waals surface area contributed by atoms with Gasteiger partial charge in [0.25, 0.3) is 5.91 Å². The van der Waals surface area contributed by atoms with Crippen LogP contribution >= 0.6 is 22.9 Å². The van der Waals surface area contributed by atoms with E-state index < -0.39 is 6.10 Å². The second-order valence-electron chi connectivity index (χ2n) is 5.58. The van der Waals surface area contributed by atoms with Crippen molar-refractivity contribution in [3.63, 3.8) is 0 Å². The maximum Gasteiger partial charge on any atom is 0.267 e. The highest BCUT2D eigenvalue weighted by Gasteiger charge is 2.21. The number of aromatic nitrogens is 2. The second kappa shape index (κ2) is 8.83. The van der Waals surface area contributed by atoms with Gasteiger partial charge in [0, 0.05) is 5.56 Å². The number of ether oxygens (including phenoxy) is 2. The molecule has 0 radical (unpaired) electrons. The van der Waals surface area contributed by atoms with Crippen LogP contribution in [0, 0.1) is 0 Å². The van der Waals surface area contributed by atoms with Crippen LogP contribution in [0.3, 0.4) is 0 Å². The Balaban J connectivity index is 1.67. The van der Waals surface area contributed by atoms with Crippen LogP contribution in [-0.4, -0.2) is 29.3 Å². The van der Waals surface area contributed by atoms with Crippen molar-refractivity contribution in [3.8, 4) is 22.1 Å². The Morgan fingerprint density at radius 2 is 1.93 bits per heavy atom. The summed E-state index contributed by atoms with van der Waals surface area (Å²) in [5.74, 6) is 0.937. The molecule has 8 heteroatoms. The molecule has 0 aliphatic heterocycles. The summed E-state index contributed by atoms with van der Waals surface area (Å²) in [6, 6.07) is 14.5. The zero-order valence-corrected chi connectivity index (χ0v) is 16.4. The SMILES string of the molecule is CC[C@@H](Oc1ccccc1Cl)C(=O)Nc1nnc(-c2ccc(OC)cc2)s1. The summed E-state index contributed by atoms with van der Waals surface area (Å²) in [4.78, 5) is 12.5. The molecule has 0 spiro atoms. The van der Waals surface area contributed by atoms with E-state index in [0.29, 0.717) is 27.3 Å². The molecular weight excluding hydrogens is 386 g/mol. The molecule has 3 rings (SSSR count). The van der Waals surface area contributed by atoms with Crippen LogP contribution in [0.5, 0.6) is 11.5 Å². The fourth-order valence-corrected chi connectivity index (χ4v) is 3.26. The van der Waals surface area contributed by atoms with E-state index in [1.165, 1.54) is 11.3 Å². The summed E-state index contributed by atoms with van der Waals surface area (Å²) in [6.07, 6.45) is -0.195. The summed E-state index contributed by atoms with van der Waals surface area (Å²) in [5, 5.41) is 12.5. The largest absolute Gasteiger partial charge is 0.497 e. The van der Waals surface area contributed by atoms with Gasteiger partial charge in [-0.3, -0.25) is 10.1 Å². The van der Waals surface area contributed by atoms with E-state index in [9.17, 15) is 4.79 Å². The van der Waals surface area contributed by atoms with Crippen molar-refractivity contribution >= 4 is 34.0 Å². The van der Waals surface area contributed by atoms with Crippen LogP contribution in [0.2, 0.25) is 5.02 Å². The molecular formula is C19H18ClN3O3S. The molecule has 0 aliphatic carbocycles. The highest BCUT2D eigenvalue weighted by Crippen LogP contribution is 2.29. The minimum atomic E-state index is -0.682. The molecule has 0 saturated carbocycles. The molecule has 0 saturated heterocycles. The predicted octanol–water partition coefficient (Wildman–Crippen LogP) is 4.66. The number of hydrogen-bond acceptors (Lipinski definition) is 6. The number of benzene rings is 2. The van der Waals surface area contributed by atoms with Crippen LogP contribution in [0.15, 0.2) is 48.5 Å². The molecule has 27 heavy (non-hydrogen) atoms. The number of carbonyl (C=O) groups is 1. The quantitative estimate of drug-likeness (QED) is 0.620. The van der Waals surface area contributed by atoms with Gasteiger partial charge in [-0.15, -0.1) is 10.2 Å². The van der Waals surface area contributed by atoms with Crippen LogP contribution < -0.4 is 14.8 Å². The summed E-state index contributed by atoms with van der Waals surface area (Å²) in [7, 11) is 1.61. The summed E-state index contributed by atoms with van der Waals surface area (Å²) in [5.41, 5.74) is 0.896. The van der Waals surface area contributed by atoms with Gasteiger partial charge in [-0.1, -0.05) is 42.0 Å².